The molecule has 118 valence electrons. The number of ketones is 1. The molecule has 7 heteroatoms. The van der Waals surface area contributed by atoms with E-state index in [1.807, 2.05) is 18.2 Å². The Morgan fingerprint density at radius 2 is 2.27 bits per heavy atom. The predicted molar refractivity (Wildman–Crippen MR) is 80.3 cm³/mol. The number of rotatable bonds is 5. The SMILES string of the molecule is CNC[C@](C)(O)C(=O)C1=NNC[C@@H]1c1ccc2c(c1)OCO2. The molecule has 0 amide bonds. The van der Waals surface area contributed by atoms with Gasteiger partial charge >= 0.3 is 0 Å². The van der Waals surface area contributed by atoms with Crippen LogP contribution in [0.2, 0.25) is 0 Å². The van der Waals surface area contributed by atoms with Gasteiger partial charge in [-0.25, -0.2) is 0 Å². The number of carbonyl (C=O) groups excluding carboxylic acids is 1. The number of fused-ring (bicyclic) bond motifs is 1. The number of nitrogens with one attached hydrogen (secondary N) is 2. The van der Waals surface area contributed by atoms with E-state index < -0.39 is 5.60 Å². The number of benzene rings is 1. The van der Waals surface area contributed by atoms with E-state index in [0.29, 0.717) is 23.8 Å². The second-order valence-electron chi connectivity index (χ2n) is 5.66. The Bertz CT molecular complexity index is 627. The number of likely N-dealkylation sites (N-methyl/N-ethyl adjacent to an activating group) is 1. The first-order valence-corrected chi connectivity index (χ1v) is 7.14. The number of aliphatic hydroxyl groups is 1. The Labute approximate surface area is 128 Å². The summed E-state index contributed by atoms with van der Waals surface area (Å²) >= 11 is 0. The van der Waals surface area contributed by atoms with Crippen LogP contribution in [0.1, 0.15) is 18.4 Å². The predicted octanol–water partition coefficient (Wildman–Crippen LogP) is -0.00240. The highest BCUT2D eigenvalue weighted by atomic mass is 16.7. The molecule has 2 aliphatic rings. The van der Waals surface area contributed by atoms with Gasteiger partial charge in [0.25, 0.3) is 0 Å². The fourth-order valence-electron chi connectivity index (χ4n) is 2.71. The zero-order valence-electron chi connectivity index (χ0n) is 12.5. The summed E-state index contributed by atoms with van der Waals surface area (Å²) in [5.74, 6) is 0.764. The number of hydrogen-bond acceptors (Lipinski definition) is 7. The molecule has 22 heavy (non-hydrogen) atoms. The highest BCUT2D eigenvalue weighted by molar-refractivity contribution is 6.44. The number of Topliss-reactive ketones (excluding diaryl/α,β-unsaturated/α-hetero) is 1. The largest absolute Gasteiger partial charge is 0.454 e. The van der Waals surface area contributed by atoms with E-state index in [-0.39, 0.29) is 25.0 Å². The van der Waals surface area contributed by atoms with Crippen molar-refractivity contribution in [1.82, 2.24) is 10.7 Å². The Hall–Kier alpha value is -2.12. The van der Waals surface area contributed by atoms with E-state index >= 15 is 0 Å². The van der Waals surface area contributed by atoms with E-state index in [2.05, 4.69) is 15.8 Å². The van der Waals surface area contributed by atoms with Crippen LogP contribution in [0.3, 0.4) is 0 Å². The van der Waals surface area contributed by atoms with Gasteiger partial charge in [-0.15, -0.1) is 0 Å². The van der Waals surface area contributed by atoms with Crippen LogP contribution < -0.4 is 20.2 Å². The van der Waals surface area contributed by atoms with Gasteiger partial charge in [-0.2, -0.15) is 5.10 Å². The topological polar surface area (TPSA) is 92.2 Å². The lowest BCUT2D eigenvalue weighted by Crippen LogP contribution is -2.48. The fraction of sp³-hybridized carbons (Fsp3) is 0.467. The van der Waals surface area contributed by atoms with Gasteiger partial charge in [-0.1, -0.05) is 6.07 Å². The van der Waals surface area contributed by atoms with Gasteiger partial charge < -0.3 is 25.3 Å². The first-order chi connectivity index (χ1) is 10.5. The molecule has 0 aliphatic carbocycles. The minimum Gasteiger partial charge on any atom is -0.454 e. The Morgan fingerprint density at radius 1 is 1.50 bits per heavy atom. The third kappa shape index (κ3) is 2.53. The molecule has 0 saturated carbocycles. The normalized spacial score (nSPS) is 22.0. The van der Waals surface area contributed by atoms with Crippen LogP contribution in [-0.2, 0) is 4.79 Å². The molecule has 1 aromatic carbocycles. The Kier molecular flexibility index (Phi) is 3.76. The van der Waals surface area contributed by atoms with Gasteiger partial charge in [0.05, 0.1) is 5.92 Å². The summed E-state index contributed by atoms with van der Waals surface area (Å²) in [4.78, 5) is 12.6. The lowest BCUT2D eigenvalue weighted by Gasteiger charge is -2.23. The van der Waals surface area contributed by atoms with Gasteiger partial charge in [-0.05, 0) is 31.7 Å². The van der Waals surface area contributed by atoms with Crippen molar-refractivity contribution in [3.63, 3.8) is 0 Å². The molecule has 0 unspecified atom stereocenters. The fourth-order valence-corrected chi connectivity index (χ4v) is 2.71. The second kappa shape index (κ2) is 5.58. The molecule has 3 rings (SSSR count). The van der Waals surface area contributed by atoms with Crippen molar-refractivity contribution in [1.29, 1.82) is 0 Å². The van der Waals surface area contributed by atoms with Crippen LogP contribution in [-0.4, -0.2) is 49.1 Å². The zero-order valence-corrected chi connectivity index (χ0v) is 12.5. The Morgan fingerprint density at radius 3 is 3.05 bits per heavy atom. The smallest absolute Gasteiger partial charge is 0.231 e. The number of hydrogen-bond donors (Lipinski definition) is 3. The van der Waals surface area contributed by atoms with Crippen molar-refractivity contribution in [2.24, 2.45) is 5.10 Å². The molecule has 3 N–H and O–H groups in total. The summed E-state index contributed by atoms with van der Waals surface area (Å²) in [7, 11) is 1.69. The third-order valence-electron chi connectivity index (χ3n) is 3.87. The molecule has 2 heterocycles. The van der Waals surface area contributed by atoms with Gasteiger partial charge in [0.15, 0.2) is 11.5 Å². The van der Waals surface area contributed by atoms with Crippen molar-refractivity contribution in [2.75, 3.05) is 26.9 Å². The molecule has 2 atom stereocenters. The van der Waals surface area contributed by atoms with Crippen LogP contribution in [0, 0.1) is 0 Å². The van der Waals surface area contributed by atoms with E-state index in [4.69, 9.17) is 9.47 Å². The number of nitrogens with zero attached hydrogens (tertiary/aromatic N) is 1. The standard InChI is InChI=1S/C15H19N3O4/c1-15(20,7-16-2)14(19)13-10(6-17-18-13)9-3-4-11-12(5-9)22-8-21-11/h3-5,10,16-17,20H,6-8H2,1-2H3/t10-,15+/m1/s1. The van der Waals surface area contributed by atoms with Gasteiger partial charge in [0, 0.05) is 13.1 Å². The second-order valence-corrected chi connectivity index (χ2v) is 5.66. The van der Waals surface area contributed by atoms with Crippen molar-refractivity contribution < 1.29 is 19.4 Å². The Balaban J connectivity index is 1.86. The van der Waals surface area contributed by atoms with Crippen LogP contribution in [0.25, 0.3) is 0 Å². The number of hydrazone groups is 1. The quantitative estimate of drug-likeness (QED) is 0.709. The summed E-state index contributed by atoms with van der Waals surface area (Å²) in [6.07, 6.45) is 0. The van der Waals surface area contributed by atoms with Crippen molar-refractivity contribution in [3.8, 4) is 11.5 Å². The molecule has 0 aromatic heterocycles. The van der Waals surface area contributed by atoms with Crippen LogP contribution >= 0.6 is 0 Å². The summed E-state index contributed by atoms with van der Waals surface area (Å²) in [5, 5.41) is 17.2. The third-order valence-corrected chi connectivity index (χ3v) is 3.87. The molecular formula is C15H19N3O4. The first-order valence-electron chi connectivity index (χ1n) is 7.14. The average molecular weight is 305 g/mol. The van der Waals surface area contributed by atoms with E-state index in [1.165, 1.54) is 6.92 Å². The number of carbonyl (C=O) groups is 1. The minimum absolute atomic E-state index is 0.165. The molecule has 2 aliphatic heterocycles. The zero-order chi connectivity index (χ0) is 15.7. The van der Waals surface area contributed by atoms with Gasteiger partial charge in [-0.3, -0.25) is 4.79 Å². The lowest BCUT2D eigenvalue weighted by atomic mass is 9.86. The number of ether oxygens (including phenoxy) is 2. The van der Waals surface area contributed by atoms with Gasteiger partial charge in [0.1, 0.15) is 11.3 Å². The summed E-state index contributed by atoms with van der Waals surface area (Å²) in [6.45, 7) is 2.37. The lowest BCUT2D eigenvalue weighted by molar-refractivity contribution is -0.128. The summed E-state index contributed by atoms with van der Waals surface area (Å²) in [6, 6.07) is 5.57. The maximum absolute atomic E-state index is 12.6. The molecule has 0 saturated heterocycles. The maximum Gasteiger partial charge on any atom is 0.231 e. The highest BCUT2D eigenvalue weighted by Crippen LogP contribution is 2.35. The molecule has 0 spiro atoms. The van der Waals surface area contributed by atoms with Crippen molar-refractivity contribution in [2.45, 2.75) is 18.4 Å². The molecule has 0 bridgehead atoms. The summed E-state index contributed by atoms with van der Waals surface area (Å²) in [5.41, 5.74) is 2.59. The highest BCUT2D eigenvalue weighted by Gasteiger charge is 2.39. The molecule has 7 nitrogen and oxygen atoms in total. The molecular weight excluding hydrogens is 286 g/mol. The first kappa shape index (κ1) is 14.8. The van der Waals surface area contributed by atoms with Gasteiger partial charge in [0.2, 0.25) is 12.6 Å². The van der Waals surface area contributed by atoms with Crippen LogP contribution in [0.4, 0.5) is 0 Å². The van der Waals surface area contributed by atoms with Crippen LogP contribution in [0.5, 0.6) is 11.5 Å². The summed E-state index contributed by atoms with van der Waals surface area (Å²) < 4.78 is 10.7. The van der Waals surface area contributed by atoms with E-state index in [1.54, 1.807) is 7.05 Å². The molecule has 0 radical (unpaired) electrons. The maximum atomic E-state index is 12.6. The van der Waals surface area contributed by atoms with Crippen molar-refractivity contribution >= 4 is 11.5 Å². The molecule has 0 fully saturated rings. The minimum atomic E-state index is -1.49. The molecule has 1 aromatic rings. The van der Waals surface area contributed by atoms with Crippen LogP contribution in [0.15, 0.2) is 23.3 Å². The van der Waals surface area contributed by atoms with E-state index in [0.717, 1.165) is 5.56 Å². The monoisotopic (exact) mass is 305 g/mol. The average Bonchev–Trinajstić information content (AvgIpc) is 3.14. The van der Waals surface area contributed by atoms with Crippen molar-refractivity contribution in [3.05, 3.63) is 23.8 Å². The van der Waals surface area contributed by atoms with E-state index in [9.17, 15) is 9.90 Å².